The summed E-state index contributed by atoms with van der Waals surface area (Å²) in [6.45, 7) is 1.89. The molecule has 4 rings (SSSR count). The van der Waals surface area contributed by atoms with Crippen LogP contribution in [0.4, 0.5) is 0 Å². The topological polar surface area (TPSA) is 42.0 Å². The molecule has 5 heteroatoms. The number of rotatable bonds is 2. The Hall–Kier alpha value is -1.75. The molecule has 3 aliphatic rings. The second-order valence-corrected chi connectivity index (χ2v) is 6.30. The van der Waals surface area contributed by atoms with Crippen molar-refractivity contribution >= 4 is 5.91 Å². The number of hydrogen-bond acceptors (Lipinski definition) is 4. The van der Waals surface area contributed by atoms with Gasteiger partial charge in [-0.25, -0.2) is 0 Å². The van der Waals surface area contributed by atoms with Crippen LogP contribution in [0, 0.1) is 0 Å². The number of nitrogens with zero attached hydrogens (tertiary/aromatic N) is 2. The van der Waals surface area contributed by atoms with Crippen LogP contribution in [0.15, 0.2) is 12.1 Å². The molecule has 0 radical (unpaired) electrons. The van der Waals surface area contributed by atoms with E-state index in [1.54, 1.807) is 14.2 Å². The molecule has 2 fully saturated rings. The zero-order chi connectivity index (χ0) is 15.3. The van der Waals surface area contributed by atoms with Crippen LogP contribution in [0.3, 0.4) is 0 Å². The number of hydrogen-bond donors (Lipinski definition) is 0. The van der Waals surface area contributed by atoms with Gasteiger partial charge < -0.3 is 14.4 Å². The Morgan fingerprint density at radius 2 is 1.82 bits per heavy atom. The number of carbonyl (C=O) groups excluding carboxylic acids is 1. The van der Waals surface area contributed by atoms with E-state index in [9.17, 15) is 4.79 Å². The quantitative estimate of drug-likeness (QED) is 0.837. The van der Waals surface area contributed by atoms with Crippen LogP contribution in [0.1, 0.15) is 36.4 Å². The van der Waals surface area contributed by atoms with Crippen molar-refractivity contribution < 1.29 is 14.3 Å². The summed E-state index contributed by atoms with van der Waals surface area (Å²) in [5.74, 6) is 1.93. The van der Waals surface area contributed by atoms with Crippen molar-refractivity contribution in [2.24, 2.45) is 0 Å². The van der Waals surface area contributed by atoms with E-state index in [1.165, 1.54) is 11.1 Å². The van der Waals surface area contributed by atoms with Crippen LogP contribution < -0.4 is 9.47 Å². The molecule has 2 saturated heterocycles. The Bertz CT molecular complexity index is 616. The maximum Gasteiger partial charge on any atom is 0.223 e. The van der Waals surface area contributed by atoms with Crippen molar-refractivity contribution in [3.05, 3.63) is 23.3 Å². The summed E-state index contributed by atoms with van der Waals surface area (Å²) in [6.07, 6.45) is 3.98. The lowest BCUT2D eigenvalue weighted by atomic mass is 9.88. The van der Waals surface area contributed by atoms with Gasteiger partial charge in [-0.15, -0.1) is 0 Å². The van der Waals surface area contributed by atoms with E-state index in [2.05, 4.69) is 21.9 Å². The van der Waals surface area contributed by atoms with Gasteiger partial charge in [-0.1, -0.05) is 0 Å². The van der Waals surface area contributed by atoms with Crippen molar-refractivity contribution in [3.63, 3.8) is 0 Å². The SMILES string of the molecule is COc1cc2c(cc1OC)C1CCN3C(=O)CCC3N1CC2. The molecule has 2 unspecified atom stereocenters. The average Bonchev–Trinajstić information content (AvgIpc) is 2.94. The zero-order valence-corrected chi connectivity index (χ0v) is 13.2. The van der Waals surface area contributed by atoms with Gasteiger partial charge in [0.25, 0.3) is 0 Å². The molecule has 22 heavy (non-hydrogen) atoms. The number of fused-ring (bicyclic) bond motifs is 5. The minimum Gasteiger partial charge on any atom is -0.493 e. The predicted octanol–water partition coefficient (Wildman–Crippen LogP) is 1.96. The highest BCUT2D eigenvalue weighted by Gasteiger charge is 2.44. The summed E-state index contributed by atoms with van der Waals surface area (Å²) in [7, 11) is 3.37. The van der Waals surface area contributed by atoms with Gasteiger partial charge in [-0.3, -0.25) is 9.69 Å². The van der Waals surface area contributed by atoms with Crippen LogP contribution in [0.2, 0.25) is 0 Å². The monoisotopic (exact) mass is 302 g/mol. The molecule has 3 heterocycles. The minimum absolute atomic E-state index is 0.299. The normalized spacial score (nSPS) is 27.2. The lowest BCUT2D eigenvalue weighted by Crippen LogP contribution is -2.54. The summed E-state index contributed by atoms with van der Waals surface area (Å²) in [5.41, 5.74) is 2.71. The smallest absolute Gasteiger partial charge is 0.223 e. The van der Waals surface area contributed by atoms with E-state index in [0.717, 1.165) is 43.9 Å². The zero-order valence-electron chi connectivity index (χ0n) is 13.2. The number of benzene rings is 1. The molecule has 5 nitrogen and oxygen atoms in total. The number of amides is 1. The summed E-state index contributed by atoms with van der Waals surface area (Å²) in [4.78, 5) is 16.6. The Morgan fingerprint density at radius 3 is 2.59 bits per heavy atom. The largest absolute Gasteiger partial charge is 0.493 e. The summed E-state index contributed by atoms with van der Waals surface area (Å²) >= 11 is 0. The fourth-order valence-corrected chi connectivity index (χ4v) is 4.32. The van der Waals surface area contributed by atoms with Crippen LogP contribution >= 0.6 is 0 Å². The molecule has 0 saturated carbocycles. The third kappa shape index (κ3) is 1.92. The van der Waals surface area contributed by atoms with Crippen LogP contribution in [0.25, 0.3) is 0 Å². The van der Waals surface area contributed by atoms with Crippen LogP contribution in [-0.4, -0.2) is 49.2 Å². The standard InChI is InChI=1S/C17H22N2O3/c1-21-14-9-11-5-7-18-13(12(11)10-15(14)22-2)6-8-19-16(18)3-4-17(19)20/h9-10,13,16H,3-8H2,1-2H3. The van der Waals surface area contributed by atoms with Crippen molar-refractivity contribution in [3.8, 4) is 11.5 Å². The molecule has 0 spiro atoms. The maximum absolute atomic E-state index is 12.0. The van der Waals surface area contributed by atoms with E-state index in [4.69, 9.17) is 9.47 Å². The third-order valence-corrected chi connectivity index (χ3v) is 5.37. The minimum atomic E-state index is 0.299. The van der Waals surface area contributed by atoms with Crippen molar-refractivity contribution in [2.75, 3.05) is 27.3 Å². The lowest BCUT2D eigenvalue weighted by Gasteiger charge is -2.48. The average molecular weight is 302 g/mol. The first-order chi connectivity index (χ1) is 10.7. The Kier molecular flexibility index (Phi) is 3.26. The molecule has 1 aromatic rings. The molecular formula is C17H22N2O3. The van der Waals surface area contributed by atoms with Gasteiger partial charge in [-0.05, 0) is 42.5 Å². The molecule has 0 bridgehead atoms. The number of carbonyl (C=O) groups is 1. The number of ether oxygens (including phenoxy) is 2. The van der Waals surface area contributed by atoms with Gasteiger partial charge in [0, 0.05) is 25.6 Å². The first-order valence-electron chi connectivity index (χ1n) is 8.03. The highest BCUT2D eigenvalue weighted by atomic mass is 16.5. The summed E-state index contributed by atoms with van der Waals surface area (Å²) in [6, 6.07) is 4.66. The van der Waals surface area contributed by atoms with E-state index < -0.39 is 0 Å². The first kappa shape index (κ1) is 13.9. The third-order valence-electron chi connectivity index (χ3n) is 5.37. The molecule has 0 aliphatic carbocycles. The van der Waals surface area contributed by atoms with Gasteiger partial charge >= 0.3 is 0 Å². The predicted molar refractivity (Wildman–Crippen MR) is 82.0 cm³/mol. The van der Waals surface area contributed by atoms with E-state index in [1.807, 2.05) is 0 Å². The van der Waals surface area contributed by atoms with Crippen molar-refractivity contribution in [1.29, 1.82) is 0 Å². The molecule has 1 aromatic carbocycles. The molecule has 1 amide bonds. The Labute approximate surface area is 130 Å². The van der Waals surface area contributed by atoms with E-state index >= 15 is 0 Å². The Morgan fingerprint density at radius 1 is 1.05 bits per heavy atom. The van der Waals surface area contributed by atoms with Gasteiger partial charge in [0.2, 0.25) is 5.91 Å². The highest BCUT2D eigenvalue weighted by Crippen LogP contribution is 2.44. The van der Waals surface area contributed by atoms with Gasteiger partial charge in [-0.2, -0.15) is 0 Å². The molecule has 3 aliphatic heterocycles. The highest BCUT2D eigenvalue weighted by molar-refractivity contribution is 5.78. The molecule has 2 atom stereocenters. The second-order valence-electron chi connectivity index (χ2n) is 6.30. The van der Waals surface area contributed by atoms with Gasteiger partial charge in [0.1, 0.15) is 0 Å². The lowest BCUT2D eigenvalue weighted by molar-refractivity contribution is -0.135. The maximum atomic E-state index is 12.0. The first-order valence-corrected chi connectivity index (χ1v) is 8.03. The Balaban J connectivity index is 1.71. The van der Waals surface area contributed by atoms with Crippen LogP contribution in [0.5, 0.6) is 11.5 Å². The van der Waals surface area contributed by atoms with Gasteiger partial charge in [0.05, 0.1) is 20.4 Å². The molecule has 0 aromatic heterocycles. The fraction of sp³-hybridized carbons (Fsp3) is 0.588. The van der Waals surface area contributed by atoms with Crippen molar-refractivity contribution in [2.45, 2.75) is 37.9 Å². The fourth-order valence-electron chi connectivity index (χ4n) is 4.32. The van der Waals surface area contributed by atoms with Crippen molar-refractivity contribution in [1.82, 2.24) is 9.80 Å². The van der Waals surface area contributed by atoms with E-state index in [0.29, 0.717) is 24.5 Å². The molecular weight excluding hydrogens is 280 g/mol. The van der Waals surface area contributed by atoms with E-state index in [-0.39, 0.29) is 0 Å². The van der Waals surface area contributed by atoms with Gasteiger partial charge in [0.15, 0.2) is 11.5 Å². The van der Waals surface area contributed by atoms with Crippen LogP contribution in [-0.2, 0) is 11.2 Å². The summed E-state index contributed by atoms with van der Waals surface area (Å²) < 4.78 is 10.9. The number of methoxy groups -OCH3 is 2. The molecule has 118 valence electrons. The summed E-state index contributed by atoms with van der Waals surface area (Å²) in [5, 5.41) is 0. The second kappa shape index (κ2) is 5.16. The molecule has 0 N–H and O–H groups in total.